The minimum atomic E-state index is 0.310. The molecule has 7 heteroatoms. The van der Waals surface area contributed by atoms with Gasteiger partial charge >= 0.3 is 0 Å². The lowest BCUT2D eigenvalue weighted by Crippen LogP contribution is -2.37. The minimum Gasteiger partial charge on any atom is -0.379 e. The van der Waals surface area contributed by atoms with Gasteiger partial charge in [0.15, 0.2) is 0 Å². The maximum absolute atomic E-state index is 6.04. The van der Waals surface area contributed by atoms with E-state index in [2.05, 4.69) is 34.0 Å². The molecular formula is C15H21ClN4OS. The van der Waals surface area contributed by atoms with E-state index in [1.54, 1.807) is 11.3 Å². The highest BCUT2D eigenvalue weighted by molar-refractivity contribution is 7.18. The van der Waals surface area contributed by atoms with E-state index < -0.39 is 0 Å². The first-order valence-corrected chi connectivity index (χ1v) is 8.82. The molecule has 0 radical (unpaired) electrons. The van der Waals surface area contributed by atoms with E-state index in [1.807, 2.05) is 0 Å². The highest BCUT2D eigenvalue weighted by atomic mass is 35.5. The molecule has 2 aromatic rings. The number of halogens is 1. The number of aryl methyl sites for hydroxylation is 2. The summed E-state index contributed by atoms with van der Waals surface area (Å²) in [6, 6.07) is 0. The van der Waals surface area contributed by atoms with Crippen molar-refractivity contribution in [3.8, 4) is 0 Å². The average Bonchev–Trinajstić information content (AvgIpc) is 2.79. The number of hydrogen-bond donors (Lipinski definition) is 1. The fraction of sp³-hybridized carbons (Fsp3) is 0.600. The average molecular weight is 341 g/mol. The van der Waals surface area contributed by atoms with Gasteiger partial charge < -0.3 is 10.1 Å². The molecule has 1 N–H and O–H groups in total. The molecule has 1 fully saturated rings. The first-order chi connectivity index (χ1) is 10.6. The Balaban J connectivity index is 1.63. The minimum absolute atomic E-state index is 0.310. The molecule has 1 aliphatic heterocycles. The van der Waals surface area contributed by atoms with Crippen molar-refractivity contribution < 1.29 is 4.74 Å². The normalized spacial score (nSPS) is 16.3. The van der Waals surface area contributed by atoms with Crippen LogP contribution in [0.15, 0.2) is 0 Å². The monoisotopic (exact) mass is 340 g/mol. The van der Waals surface area contributed by atoms with Crippen LogP contribution >= 0.6 is 22.9 Å². The summed E-state index contributed by atoms with van der Waals surface area (Å²) >= 11 is 7.71. The zero-order valence-electron chi connectivity index (χ0n) is 13.0. The van der Waals surface area contributed by atoms with Gasteiger partial charge in [-0.25, -0.2) is 9.97 Å². The number of rotatable bonds is 5. The fourth-order valence-corrected chi connectivity index (χ4v) is 3.93. The number of thiophene rings is 1. The summed E-state index contributed by atoms with van der Waals surface area (Å²) in [5.41, 5.74) is 1.24. The van der Waals surface area contributed by atoms with Crippen molar-refractivity contribution in [2.75, 3.05) is 44.7 Å². The summed E-state index contributed by atoms with van der Waals surface area (Å²) in [5.74, 6) is 0.860. The number of hydrogen-bond acceptors (Lipinski definition) is 6. The molecular weight excluding hydrogens is 320 g/mol. The lowest BCUT2D eigenvalue weighted by molar-refractivity contribution is 0.0378. The topological polar surface area (TPSA) is 50.3 Å². The quantitative estimate of drug-likeness (QED) is 0.669. The van der Waals surface area contributed by atoms with Gasteiger partial charge in [0.1, 0.15) is 10.6 Å². The molecule has 5 nitrogen and oxygen atoms in total. The van der Waals surface area contributed by atoms with Crippen LogP contribution in [0.1, 0.15) is 16.9 Å². The standard InChI is InChI=1S/C15H21ClN4OS/c1-10-11(2)22-14-12(10)13(18-15(16)19-14)17-4-3-5-20-6-8-21-9-7-20/h3-9H2,1-2H3,(H,17,18,19). The molecule has 1 aliphatic rings. The van der Waals surface area contributed by atoms with Crippen LogP contribution in [-0.2, 0) is 4.74 Å². The molecule has 0 aliphatic carbocycles. The van der Waals surface area contributed by atoms with Crippen LogP contribution in [0, 0.1) is 13.8 Å². The molecule has 3 heterocycles. The van der Waals surface area contributed by atoms with Crippen molar-refractivity contribution in [3.63, 3.8) is 0 Å². The van der Waals surface area contributed by atoms with E-state index in [-0.39, 0.29) is 0 Å². The van der Waals surface area contributed by atoms with Gasteiger partial charge in [-0.15, -0.1) is 11.3 Å². The molecule has 0 unspecified atom stereocenters. The van der Waals surface area contributed by atoms with Crippen LogP contribution < -0.4 is 5.32 Å². The largest absolute Gasteiger partial charge is 0.379 e. The molecule has 0 atom stereocenters. The molecule has 0 bridgehead atoms. The van der Waals surface area contributed by atoms with Crippen molar-refractivity contribution >= 4 is 39.0 Å². The molecule has 0 amide bonds. The summed E-state index contributed by atoms with van der Waals surface area (Å²) in [6.45, 7) is 9.96. The van der Waals surface area contributed by atoms with Gasteiger partial charge in [0.2, 0.25) is 5.28 Å². The smallest absolute Gasteiger partial charge is 0.225 e. The van der Waals surface area contributed by atoms with Crippen LogP contribution in [0.5, 0.6) is 0 Å². The number of anilines is 1. The number of nitrogens with zero attached hydrogens (tertiary/aromatic N) is 3. The van der Waals surface area contributed by atoms with Gasteiger partial charge in [0.25, 0.3) is 0 Å². The lowest BCUT2D eigenvalue weighted by Gasteiger charge is -2.26. The van der Waals surface area contributed by atoms with Crippen LogP contribution in [0.4, 0.5) is 5.82 Å². The van der Waals surface area contributed by atoms with Crippen molar-refractivity contribution in [3.05, 3.63) is 15.7 Å². The van der Waals surface area contributed by atoms with E-state index in [0.29, 0.717) is 5.28 Å². The van der Waals surface area contributed by atoms with Gasteiger partial charge in [-0.3, -0.25) is 4.90 Å². The molecule has 2 aromatic heterocycles. The SMILES string of the molecule is Cc1sc2nc(Cl)nc(NCCCN3CCOCC3)c2c1C. The van der Waals surface area contributed by atoms with Crippen molar-refractivity contribution in [1.82, 2.24) is 14.9 Å². The Morgan fingerprint density at radius 1 is 1.27 bits per heavy atom. The van der Waals surface area contributed by atoms with Gasteiger partial charge in [-0.1, -0.05) is 0 Å². The summed E-state index contributed by atoms with van der Waals surface area (Å²) in [4.78, 5) is 13.4. The van der Waals surface area contributed by atoms with Gasteiger partial charge in [-0.05, 0) is 44.0 Å². The maximum Gasteiger partial charge on any atom is 0.225 e. The maximum atomic E-state index is 6.04. The molecule has 1 saturated heterocycles. The predicted molar refractivity (Wildman–Crippen MR) is 92.3 cm³/mol. The van der Waals surface area contributed by atoms with Crippen LogP contribution in [0.3, 0.4) is 0 Å². The Morgan fingerprint density at radius 2 is 2.05 bits per heavy atom. The zero-order chi connectivity index (χ0) is 15.5. The number of aromatic nitrogens is 2. The summed E-state index contributed by atoms with van der Waals surface area (Å²) in [7, 11) is 0. The summed E-state index contributed by atoms with van der Waals surface area (Å²) < 4.78 is 5.36. The van der Waals surface area contributed by atoms with Gasteiger partial charge in [-0.2, -0.15) is 0 Å². The Bertz CT molecular complexity index is 655. The third-order valence-electron chi connectivity index (χ3n) is 4.05. The second kappa shape index (κ2) is 7.08. The molecule has 120 valence electrons. The Hall–Kier alpha value is -0.950. The Kier molecular flexibility index (Phi) is 5.13. The van der Waals surface area contributed by atoms with Gasteiger partial charge in [0, 0.05) is 24.5 Å². The summed E-state index contributed by atoms with van der Waals surface area (Å²) in [5, 5.41) is 4.85. The predicted octanol–water partition coefficient (Wildman–Crippen LogP) is 3.10. The van der Waals surface area contributed by atoms with Crippen molar-refractivity contribution in [2.24, 2.45) is 0 Å². The van der Waals surface area contributed by atoms with Crippen molar-refractivity contribution in [1.29, 1.82) is 0 Å². The number of fused-ring (bicyclic) bond motifs is 1. The number of morpholine rings is 1. The molecule has 22 heavy (non-hydrogen) atoms. The zero-order valence-corrected chi connectivity index (χ0v) is 14.6. The molecule has 0 saturated carbocycles. The van der Waals surface area contributed by atoms with Crippen LogP contribution in [0.2, 0.25) is 5.28 Å². The van der Waals surface area contributed by atoms with E-state index in [1.165, 1.54) is 10.4 Å². The van der Waals surface area contributed by atoms with Crippen molar-refractivity contribution in [2.45, 2.75) is 20.3 Å². The van der Waals surface area contributed by atoms with Gasteiger partial charge in [0.05, 0.1) is 18.6 Å². The fourth-order valence-electron chi connectivity index (χ4n) is 2.69. The Morgan fingerprint density at radius 3 is 2.82 bits per heavy atom. The third-order valence-corrected chi connectivity index (χ3v) is 5.32. The Labute approximate surface area is 139 Å². The third kappa shape index (κ3) is 3.51. The summed E-state index contributed by atoms with van der Waals surface area (Å²) in [6.07, 6.45) is 1.07. The molecule has 3 rings (SSSR count). The van der Waals surface area contributed by atoms with E-state index >= 15 is 0 Å². The van der Waals surface area contributed by atoms with Crippen LogP contribution in [-0.4, -0.2) is 54.3 Å². The lowest BCUT2D eigenvalue weighted by atomic mass is 10.2. The number of ether oxygens (including phenoxy) is 1. The molecule has 0 spiro atoms. The number of nitrogens with one attached hydrogen (secondary N) is 1. The van der Waals surface area contributed by atoms with E-state index in [4.69, 9.17) is 16.3 Å². The molecule has 0 aromatic carbocycles. The van der Waals surface area contributed by atoms with E-state index in [9.17, 15) is 0 Å². The highest BCUT2D eigenvalue weighted by Gasteiger charge is 2.14. The van der Waals surface area contributed by atoms with E-state index in [0.717, 1.165) is 61.8 Å². The second-order valence-electron chi connectivity index (χ2n) is 5.54. The first-order valence-electron chi connectivity index (χ1n) is 7.62. The second-order valence-corrected chi connectivity index (χ2v) is 7.08. The van der Waals surface area contributed by atoms with Crippen LogP contribution in [0.25, 0.3) is 10.2 Å². The first kappa shape index (κ1) is 15.9. The highest BCUT2D eigenvalue weighted by Crippen LogP contribution is 2.33.